The monoisotopic (exact) mass is 433 g/mol. The molecule has 0 spiro atoms. The SMILES string of the molecule is C=C/C=C(/SC1C(=O)CC(c2ccsc2)(c2ccccc2F)NC1=O)C(=C)Cl. The van der Waals surface area contributed by atoms with Crippen LogP contribution in [-0.2, 0) is 15.1 Å². The zero-order valence-electron chi connectivity index (χ0n) is 14.8. The van der Waals surface area contributed by atoms with Crippen LogP contribution in [0.5, 0.6) is 0 Å². The van der Waals surface area contributed by atoms with E-state index in [2.05, 4.69) is 18.5 Å². The molecule has 0 saturated carbocycles. The van der Waals surface area contributed by atoms with E-state index in [1.807, 2.05) is 10.8 Å². The molecule has 1 aromatic carbocycles. The third-order valence-corrected chi connectivity index (χ3v) is 6.78. The number of piperidine rings is 1. The number of Topliss-reactive ketones (excluding diaryl/α,β-unsaturated/α-hetero) is 1. The largest absolute Gasteiger partial charge is 0.340 e. The lowest BCUT2D eigenvalue weighted by atomic mass is 9.77. The van der Waals surface area contributed by atoms with Crippen LogP contribution >= 0.6 is 34.7 Å². The molecule has 7 heteroatoms. The molecule has 2 heterocycles. The summed E-state index contributed by atoms with van der Waals surface area (Å²) in [5.41, 5.74) is -0.296. The molecule has 1 amide bonds. The van der Waals surface area contributed by atoms with Crippen molar-refractivity contribution in [1.82, 2.24) is 5.32 Å². The topological polar surface area (TPSA) is 46.2 Å². The first kappa shape index (κ1) is 20.6. The smallest absolute Gasteiger partial charge is 0.242 e. The van der Waals surface area contributed by atoms with Crippen LogP contribution in [0.2, 0.25) is 0 Å². The van der Waals surface area contributed by atoms with Gasteiger partial charge in [-0.2, -0.15) is 11.3 Å². The predicted molar refractivity (Wildman–Crippen MR) is 114 cm³/mol. The molecule has 1 N–H and O–H groups in total. The average molecular weight is 434 g/mol. The van der Waals surface area contributed by atoms with Gasteiger partial charge in [-0.3, -0.25) is 9.59 Å². The molecule has 2 atom stereocenters. The molecule has 1 fully saturated rings. The minimum atomic E-state index is -1.24. The quantitative estimate of drug-likeness (QED) is 0.506. The zero-order chi connectivity index (χ0) is 20.3. The molecule has 2 aromatic rings. The fraction of sp³-hybridized carbons (Fsp3) is 0.143. The Kier molecular flexibility index (Phi) is 6.23. The highest BCUT2D eigenvalue weighted by Gasteiger charge is 2.48. The number of allylic oxidation sites excluding steroid dienone is 3. The Bertz CT molecular complexity index is 951. The summed E-state index contributed by atoms with van der Waals surface area (Å²) in [5, 5.41) is 5.78. The van der Waals surface area contributed by atoms with Gasteiger partial charge in [0.05, 0.1) is 0 Å². The van der Waals surface area contributed by atoms with Crippen molar-refractivity contribution in [3.05, 3.63) is 93.3 Å². The number of thiophene rings is 1. The molecule has 3 nitrogen and oxygen atoms in total. The number of carbonyl (C=O) groups excluding carboxylic acids is 2. The number of thioether (sulfide) groups is 1. The Morgan fingerprint density at radius 2 is 2.11 bits per heavy atom. The summed E-state index contributed by atoms with van der Waals surface area (Å²) in [6, 6.07) is 7.97. The standard InChI is InChI=1S/C21H17ClFNO2S2/c1-3-6-18(13(2)22)28-19-17(25)11-21(24-20(19)26,14-9-10-27-12-14)15-7-4-5-8-16(15)23/h3-10,12,19H,1-2,11H2,(H,24,26)/b18-6+. The van der Waals surface area contributed by atoms with Gasteiger partial charge in [0.2, 0.25) is 5.91 Å². The molecule has 3 rings (SSSR count). The second-order valence-corrected chi connectivity index (χ2v) is 8.58. The van der Waals surface area contributed by atoms with Gasteiger partial charge in [0.15, 0.2) is 5.78 Å². The Hall–Kier alpha value is -2.15. The molecule has 2 unspecified atom stereocenters. The first-order valence-electron chi connectivity index (χ1n) is 8.35. The van der Waals surface area contributed by atoms with Crippen molar-refractivity contribution < 1.29 is 14.0 Å². The number of hydrogen-bond acceptors (Lipinski definition) is 4. The van der Waals surface area contributed by atoms with Crippen LogP contribution in [-0.4, -0.2) is 16.9 Å². The third kappa shape index (κ3) is 3.85. The second kappa shape index (κ2) is 8.47. The molecule has 0 bridgehead atoms. The van der Waals surface area contributed by atoms with Crippen molar-refractivity contribution in [3.8, 4) is 0 Å². The van der Waals surface area contributed by atoms with Crippen LogP contribution in [0.25, 0.3) is 0 Å². The first-order valence-corrected chi connectivity index (χ1v) is 10.6. The number of hydrogen-bond donors (Lipinski definition) is 1. The maximum Gasteiger partial charge on any atom is 0.242 e. The Balaban J connectivity index is 2.02. The molecule has 1 aliphatic heterocycles. The molecular formula is C21H17ClFNO2S2. The molecule has 1 saturated heterocycles. The van der Waals surface area contributed by atoms with E-state index in [4.69, 9.17) is 11.6 Å². The summed E-state index contributed by atoms with van der Waals surface area (Å²) in [4.78, 5) is 26.5. The highest BCUT2D eigenvalue weighted by Crippen LogP contribution is 2.42. The summed E-state index contributed by atoms with van der Waals surface area (Å²) < 4.78 is 14.7. The summed E-state index contributed by atoms with van der Waals surface area (Å²) in [6.07, 6.45) is 3.04. The Morgan fingerprint density at radius 1 is 1.36 bits per heavy atom. The van der Waals surface area contributed by atoms with E-state index in [0.717, 1.165) is 11.8 Å². The number of nitrogens with one attached hydrogen (secondary N) is 1. The lowest BCUT2D eigenvalue weighted by Gasteiger charge is -2.40. The van der Waals surface area contributed by atoms with Crippen molar-refractivity contribution in [2.75, 3.05) is 0 Å². The number of ketones is 1. The van der Waals surface area contributed by atoms with E-state index in [0.29, 0.717) is 10.5 Å². The van der Waals surface area contributed by atoms with Crippen LogP contribution in [0.1, 0.15) is 17.5 Å². The minimum Gasteiger partial charge on any atom is -0.340 e. The van der Waals surface area contributed by atoms with Crippen LogP contribution in [0.3, 0.4) is 0 Å². The van der Waals surface area contributed by atoms with Crippen molar-refractivity contribution in [2.24, 2.45) is 0 Å². The van der Waals surface area contributed by atoms with E-state index in [1.165, 1.54) is 23.5 Å². The highest BCUT2D eigenvalue weighted by atomic mass is 35.5. The molecule has 1 aliphatic rings. The third-order valence-electron chi connectivity index (χ3n) is 4.44. The summed E-state index contributed by atoms with van der Waals surface area (Å²) in [7, 11) is 0. The van der Waals surface area contributed by atoms with E-state index in [9.17, 15) is 14.0 Å². The first-order chi connectivity index (χ1) is 13.4. The zero-order valence-corrected chi connectivity index (χ0v) is 17.2. The van der Waals surface area contributed by atoms with E-state index in [-0.39, 0.29) is 22.8 Å². The van der Waals surface area contributed by atoms with Gasteiger partial charge in [-0.25, -0.2) is 4.39 Å². The fourth-order valence-corrected chi connectivity index (χ4v) is 5.04. The number of benzene rings is 1. The predicted octanol–water partition coefficient (Wildman–Crippen LogP) is 5.14. The summed E-state index contributed by atoms with van der Waals surface area (Å²) in [6.45, 7) is 7.26. The van der Waals surface area contributed by atoms with Crippen LogP contribution < -0.4 is 5.32 Å². The Labute approximate surface area is 176 Å². The molecule has 144 valence electrons. The van der Waals surface area contributed by atoms with Crippen LogP contribution in [0.4, 0.5) is 4.39 Å². The molecule has 28 heavy (non-hydrogen) atoms. The molecule has 1 aromatic heterocycles. The van der Waals surface area contributed by atoms with Gasteiger partial charge in [0, 0.05) is 21.9 Å². The van der Waals surface area contributed by atoms with E-state index >= 15 is 0 Å². The van der Waals surface area contributed by atoms with Crippen molar-refractivity contribution in [3.63, 3.8) is 0 Å². The lowest BCUT2D eigenvalue weighted by Crippen LogP contribution is -2.58. The molecule has 0 radical (unpaired) electrons. The van der Waals surface area contributed by atoms with Crippen molar-refractivity contribution >= 4 is 46.4 Å². The van der Waals surface area contributed by atoms with E-state index < -0.39 is 22.5 Å². The van der Waals surface area contributed by atoms with Gasteiger partial charge in [-0.1, -0.05) is 49.0 Å². The normalized spacial score (nSPS) is 22.6. The summed E-state index contributed by atoms with van der Waals surface area (Å²) in [5.74, 6) is -1.28. The Morgan fingerprint density at radius 3 is 2.68 bits per heavy atom. The van der Waals surface area contributed by atoms with Crippen molar-refractivity contribution in [2.45, 2.75) is 17.2 Å². The lowest BCUT2D eigenvalue weighted by molar-refractivity contribution is -0.132. The van der Waals surface area contributed by atoms with Gasteiger partial charge >= 0.3 is 0 Å². The van der Waals surface area contributed by atoms with Crippen LogP contribution in [0, 0.1) is 5.82 Å². The summed E-state index contributed by atoms with van der Waals surface area (Å²) >= 11 is 8.40. The van der Waals surface area contributed by atoms with E-state index in [1.54, 1.807) is 30.3 Å². The van der Waals surface area contributed by atoms with Gasteiger partial charge in [0.25, 0.3) is 0 Å². The number of carbonyl (C=O) groups is 2. The second-order valence-electron chi connectivity index (χ2n) is 6.20. The van der Waals surface area contributed by atoms with Crippen molar-refractivity contribution in [1.29, 1.82) is 0 Å². The fourth-order valence-electron chi connectivity index (χ4n) is 3.17. The van der Waals surface area contributed by atoms with Gasteiger partial charge in [0.1, 0.15) is 16.6 Å². The minimum absolute atomic E-state index is 0.0653. The highest BCUT2D eigenvalue weighted by molar-refractivity contribution is 8.05. The van der Waals surface area contributed by atoms with Gasteiger partial charge in [-0.15, -0.1) is 11.8 Å². The van der Waals surface area contributed by atoms with Crippen LogP contribution in [0.15, 0.2) is 76.3 Å². The maximum atomic E-state index is 14.7. The van der Waals surface area contributed by atoms with Gasteiger partial charge < -0.3 is 5.32 Å². The van der Waals surface area contributed by atoms with Gasteiger partial charge in [-0.05, 0) is 34.5 Å². The molecular weight excluding hydrogens is 417 g/mol. The maximum absolute atomic E-state index is 14.7. The average Bonchev–Trinajstić information content (AvgIpc) is 3.19. The number of halogens is 2. The number of amides is 1. The number of rotatable bonds is 6. The molecule has 0 aliphatic carbocycles.